The molecule has 0 bridgehead atoms. The SMILES string of the molecule is CC[C@H](C)NC(=O)CSCc1cccc(C#N)c1. The molecule has 0 aliphatic rings. The predicted molar refractivity (Wildman–Crippen MR) is 75.2 cm³/mol. The van der Waals surface area contributed by atoms with Crippen molar-refractivity contribution in [1.82, 2.24) is 5.32 Å². The van der Waals surface area contributed by atoms with Crippen LogP contribution in [0, 0.1) is 11.3 Å². The standard InChI is InChI=1S/C14H18N2OS/c1-3-11(2)16-14(17)10-18-9-13-6-4-5-12(7-13)8-15/h4-7,11H,3,9-10H2,1-2H3,(H,16,17)/t11-/m0/s1. The fourth-order valence-electron chi connectivity index (χ4n) is 1.41. The van der Waals surface area contributed by atoms with Gasteiger partial charge in [0.25, 0.3) is 0 Å². The van der Waals surface area contributed by atoms with Crippen molar-refractivity contribution in [3.63, 3.8) is 0 Å². The van der Waals surface area contributed by atoms with Gasteiger partial charge in [0.15, 0.2) is 0 Å². The summed E-state index contributed by atoms with van der Waals surface area (Å²) in [7, 11) is 0. The van der Waals surface area contributed by atoms with Gasteiger partial charge in [-0.05, 0) is 31.0 Å². The number of nitriles is 1. The molecule has 0 spiro atoms. The highest BCUT2D eigenvalue weighted by Gasteiger charge is 2.05. The third kappa shape index (κ3) is 5.24. The highest BCUT2D eigenvalue weighted by molar-refractivity contribution is 7.99. The van der Waals surface area contributed by atoms with Gasteiger partial charge >= 0.3 is 0 Å². The number of hydrogen-bond acceptors (Lipinski definition) is 3. The van der Waals surface area contributed by atoms with Crippen LogP contribution in [0.2, 0.25) is 0 Å². The van der Waals surface area contributed by atoms with E-state index in [1.54, 1.807) is 17.8 Å². The number of thioether (sulfide) groups is 1. The van der Waals surface area contributed by atoms with Gasteiger partial charge in [0.1, 0.15) is 0 Å². The molecule has 4 heteroatoms. The van der Waals surface area contributed by atoms with Crippen LogP contribution in [0.1, 0.15) is 31.4 Å². The van der Waals surface area contributed by atoms with Crippen LogP contribution < -0.4 is 5.32 Å². The first kappa shape index (κ1) is 14.6. The number of amides is 1. The van der Waals surface area contributed by atoms with Crippen LogP contribution in [0.3, 0.4) is 0 Å². The van der Waals surface area contributed by atoms with Gasteiger partial charge in [0.05, 0.1) is 17.4 Å². The second kappa shape index (κ2) is 7.78. The molecule has 0 fully saturated rings. The van der Waals surface area contributed by atoms with Crippen molar-refractivity contribution in [1.29, 1.82) is 5.26 Å². The van der Waals surface area contributed by atoms with Gasteiger partial charge in [-0.25, -0.2) is 0 Å². The first-order valence-corrected chi connectivity index (χ1v) is 7.17. The maximum absolute atomic E-state index is 11.5. The van der Waals surface area contributed by atoms with E-state index in [0.29, 0.717) is 11.3 Å². The molecule has 1 N–H and O–H groups in total. The fourth-order valence-corrected chi connectivity index (χ4v) is 2.20. The second-order valence-electron chi connectivity index (χ2n) is 4.18. The minimum absolute atomic E-state index is 0.0748. The van der Waals surface area contributed by atoms with E-state index in [1.807, 2.05) is 32.0 Å². The Morgan fingerprint density at radius 3 is 3.00 bits per heavy atom. The molecular formula is C14H18N2OS. The van der Waals surface area contributed by atoms with Gasteiger partial charge in [0.2, 0.25) is 5.91 Å². The average molecular weight is 262 g/mol. The molecule has 0 aliphatic carbocycles. The zero-order valence-electron chi connectivity index (χ0n) is 10.8. The highest BCUT2D eigenvalue weighted by Crippen LogP contribution is 2.13. The van der Waals surface area contributed by atoms with Crippen LogP contribution >= 0.6 is 11.8 Å². The summed E-state index contributed by atoms with van der Waals surface area (Å²) in [5.74, 6) is 1.29. The third-order valence-electron chi connectivity index (χ3n) is 2.58. The topological polar surface area (TPSA) is 52.9 Å². The summed E-state index contributed by atoms with van der Waals surface area (Å²) in [6.07, 6.45) is 0.945. The zero-order valence-corrected chi connectivity index (χ0v) is 11.6. The Morgan fingerprint density at radius 1 is 1.56 bits per heavy atom. The summed E-state index contributed by atoms with van der Waals surface area (Å²) in [6, 6.07) is 9.83. The number of benzene rings is 1. The van der Waals surface area contributed by atoms with E-state index < -0.39 is 0 Å². The molecule has 0 radical (unpaired) electrons. The Kier molecular flexibility index (Phi) is 6.31. The molecule has 18 heavy (non-hydrogen) atoms. The highest BCUT2D eigenvalue weighted by atomic mass is 32.2. The van der Waals surface area contributed by atoms with E-state index in [-0.39, 0.29) is 11.9 Å². The molecule has 0 saturated heterocycles. The van der Waals surface area contributed by atoms with Crippen molar-refractivity contribution in [2.45, 2.75) is 32.1 Å². The normalized spacial score (nSPS) is 11.6. The lowest BCUT2D eigenvalue weighted by molar-refractivity contribution is -0.119. The summed E-state index contributed by atoms with van der Waals surface area (Å²) in [5, 5.41) is 11.7. The Hall–Kier alpha value is -1.47. The van der Waals surface area contributed by atoms with Crippen molar-refractivity contribution in [3.05, 3.63) is 35.4 Å². The van der Waals surface area contributed by atoms with Gasteiger partial charge in [-0.1, -0.05) is 19.1 Å². The summed E-state index contributed by atoms with van der Waals surface area (Å²) < 4.78 is 0. The fraction of sp³-hybridized carbons (Fsp3) is 0.429. The van der Waals surface area contributed by atoms with Crippen LogP contribution in [-0.4, -0.2) is 17.7 Å². The molecule has 0 unspecified atom stereocenters. The van der Waals surface area contributed by atoms with Gasteiger partial charge in [-0.15, -0.1) is 11.8 Å². The predicted octanol–water partition coefficient (Wildman–Crippen LogP) is 2.71. The Labute approximate surface area is 113 Å². The monoisotopic (exact) mass is 262 g/mol. The largest absolute Gasteiger partial charge is 0.353 e. The molecule has 1 amide bonds. The number of nitrogens with one attached hydrogen (secondary N) is 1. The number of carbonyl (C=O) groups is 1. The molecule has 1 aromatic rings. The first-order valence-electron chi connectivity index (χ1n) is 6.01. The minimum Gasteiger partial charge on any atom is -0.353 e. The van der Waals surface area contributed by atoms with Crippen molar-refractivity contribution in [2.75, 3.05) is 5.75 Å². The van der Waals surface area contributed by atoms with E-state index in [1.165, 1.54) is 0 Å². The first-order chi connectivity index (χ1) is 8.65. The lowest BCUT2D eigenvalue weighted by Crippen LogP contribution is -2.33. The van der Waals surface area contributed by atoms with Gasteiger partial charge < -0.3 is 5.32 Å². The van der Waals surface area contributed by atoms with Crippen molar-refractivity contribution < 1.29 is 4.79 Å². The van der Waals surface area contributed by atoms with Crippen LogP contribution in [0.25, 0.3) is 0 Å². The molecule has 96 valence electrons. The maximum atomic E-state index is 11.5. The van der Waals surface area contributed by atoms with Crippen molar-refractivity contribution >= 4 is 17.7 Å². The summed E-state index contributed by atoms with van der Waals surface area (Å²) >= 11 is 1.56. The Bertz CT molecular complexity index is 440. The third-order valence-corrected chi connectivity index (χ3v) is 3.58. The number of nitrogens with zero attached hydrogens (tertiary/aromatic N) is 1. The van der Waals surface area contributed by atoms with E-state index in [2.05, 4.69) is 11.4 Å². The molecule has 0 aromatic heterocycles. The lowest BCUT2D eigenvalue weighted by Gasteiger charge is -2.10. The minimum atomic E-state index is 0.0748. The van der Waals surface area contributed by atoms with Gasteiger partial charge in [-0.2, -0.15) is 5.26 Å². The molecule has 0 aliphatic heterocycles. The van der Waals surface area contributed by atoms with Crippen molar-refractivity contribution in [2.24, 2.45) is 0 Å². The summed E-state index contributed by atoms with van der Waals surface area (Å²) in [4.78, 5) is 11.5. The summed E-state index contributed by atoms with van der Waals surface area (Å²) in [6.45, 7) is 4.05. The molecule has 0 saturated carbocycles. The summed E-state index contributed by atoms with van der Waals surface area (Å²) in [5.41, 5.74) is 1.74. The second-order valence-corrected chi connectivity index (χ2v) is 5.17. The van der Waals surface area contributed by atoms with E-state index in [9.17, 15) is 4.79 Å². The number of hydrogen-bond donors (Lipinski definition) is 1. The number of rotatable bonds is 6. The number of carbonyl (C=O) groups excluding carboxylic acids is 1. The smallest absolute Gasteiger partial charge is 0.230 e. The van der Waals surface area contributed by atoms with Crippen LogP contribution in [0.5, 0.6) is 0 Å². The zero-order chi connectivity index (χ0) is 13.4. The van der Waals surface area contributed by atoms with Crippen LogP contribution in [-0.2, 0) is 10.5 Å². The van der Waals surface area contributed by atoms with E-state index in [0.717, 1.165) is 17.7 Å². The lowest BCUT2D eigenvalue weighted by atomic mass is 10.2. The van der Waals surface area contributed by atoms with Crippen LogP contribution in [0.15, 0.2) is 24.3 Å². The molecule has 3 nitrogen and oxygen atoms in total. The van der Waals surface area contributed by atoms with Gasteiger partial charge in [-0.3, -0.25) is 4.79 Å². The Balaban J connectivity index is 2.33. The molecule has 1 atom stereocenters. The van der Waals surface area contributed by atoms with E-state index >= 15 is 0 Å². The molecule has 0 heterocycles. The Morgan fingerprint density at radius 2 is 2.33 bits per heavy atom. The average Bonchev–Trinajstić information content (AvgIpc) is 2.38. The quantitative estimate of drug-likeness (QED) is 0.857. The van der Waals surface area contributed by atoms with Crippen molar-refractivity contribution in [3.8, 4) is 6.07 Å². The molecular weight excluding hydrogens is 244 g/mol. The van der Waals surface area contributed by atoms with Gasteiger partial charge in [0, 0.05) is 11.8 Å². The maximum Gasteiger partial charge on any atom is 0.230 e. The molecule has 1 aromatic carbocycles. The van der Waals surface area contributed by atoms with E-state index in [4.69, 9.17) is 5.26 Å². The van der Waals surface area contributed by atoms with Crippen LogP contribution in [0.4, 0.5) is 0 Å². The molecule has 1 rings (SSSR count).